The molecule has 0 spiro atoms. The third-order valence-electron chi connectivity index (χ3n) is 4.42. The molecule has 0 aromatic heterocycles. The lowest BCUT2D eigenvalue weighted by molar-refractivity contribution is -0.140. The molecular formula is C18H27N3O2. The second-order valence-electron chi connectivity index (χ2n) is 5.95. The molecule has 1 fully saturated rings. The van der Waals surface area contributed by atoms with Crippen LogP contribution in [-0.2, 0) is 9.59 Å². The van der Waals surface area contributed by atoms with Gasteiger partial charge in [0.1, 0.15) is 6.42 Å². The summed E-state index contributed by atoms with van der Waals surface area (Å²) in [6.45, 7) is 10.3. The lowest BCUT2D eigenvalue weighted by Gasteiger charge is -2.36. The molecule has 1 heterocycles. The maximum atomic E-state index is 12.3. The quantitative estimate of drug-likeness (QED) is 0.779. The lowest BCUT2D eigenvalue weighted by Crippen LogP contribution is -2.49. The number of carbonyl (C=O) groups excluding carboxylic acids is 2. The Balaban J connectivity index is 1.86. The van der Waals surface area contributed by atoms with Gasteiger partial charge in [0.2, 0.25) is 11.8 Å². The van der Waals surface area contributed by atoms with Gasteiger partial charge in [-0.3, -0.25) is 9.59 Å². The van der Waals surface area contributed by atoms with Crippen LogP contribution in [0.5, 0.6) is 0 Å². The topological polar surface area (TPSA) is 43.9 Å². The van der Waals surface area contributed by atoms with Crippen molar-refractivity contribution >= 4 is 17.5 Å². The molecule has 0 saturated carbocycles. The zero-order valence-corrected chi connectivity index (χ0v) is 14.4. The predicted molar refractivity (Wildman–Crippen MR) is 92.5 cm³/mol. The zero-order valence-electron chi connectivity index (χ0n) is 14.4. The fourth-order valence-electron chi connectivity index (χ4n) is 2.97. The molecule has 126 valence electrons. The van der Waals surface area contributed by atoms with Crippen molar-refractivity contribution in [1.82, 2.24) is 9.80 Å². The van der Waals surface area contributed by atoms with Gasteiger partial charge in [-0.2, -0.15) is 0 Å². The number of piperazine rings is 1. The molecule has 0 bridgehead atoms. The van der Waals surface area contributed by atoms with Gasteiger partial charge in [0.15, 0.2) is 0 Å². The van der Waals surface area contributed by atoms with Crippen LogP contribution in [0.3, 0.4) is 0 Å². The number of hydrogen-bond acceptors (Lipinski definition) is 3. The van der Waals surface area contributed by atoms with Crippen LogP contribution in [0.1, 0.15) is 25.8 Å². The Bertz CT molecular complexity index is 547. The summed E-state index contributed by atoms with van der Waals surface area (Å²) in [5.41, 5.74) is 2.45. The molecule has 1 aliphatic heterocycles. The summed E-state index contributed by atoms with van der Waals surface area (Å²) in [4.78, 5) is 30.2. The van der Waals surface area contributed by atoms with Crippen LogP contribution in [0.4, 0.5) is 5.69 Å². The van der Waals surface area contributed by atoms with Crippen LogP contribution in [0.25, 0.3) is 0 Å². The van der Waals surface area contributed by atoms with Gasteiger partial charge in [0.05, 0.1) is 0 Å². The van der Waals surface area contributed by atoms with Crippen molar-refractivity contribution in [2.24, 2.45) is 0 Å². The SMILES string of the molecule is CCN(CC)C(=O)CC(=O)N1CCN(c2cccc(C)c2)CC1. The normalized spacial score (nSPS) is 14.7. The van der Waals surface area contributed by atoms with Crippen molar-refractivity contribution in [3.05, 3.63) is 29.8 Å². The van der Waals surface area contributed by atoms with Crippen LogP contribution in [-0.4, -0.2) is 60.9 Å². The van der Waals surface area contributed by atoms with Gasteiger partial charge < -0.3 is 14.7 Å². The summed E-state index contributed by atoms with van der Waals surface area (Å²) in [5, 5.41) is 0. The molecule has 2 rings (SSSR count). The summed E-state index contributed by atoms with van der Waals surface area (Å²) < 4.78 is 0. The Kier molecular flexibility index (Phi) is 6.02. The van der Waals surface area contributed by atoms with E-state index in [2.05, 4.69) is 36.1 Å². The summed E-state index contributed by atoms with van der Waals surface area (Å²) in [6, 6.07) is 8.42. The second-order valence-corrected chi connectivity index (χ2v) is 5.95. The first-order valence-electron chi connectivity index (χ1n) is 8.42. The van der Waals surface area contributed by atoms with E-state index in [1.165, 1.54) is 11.3 Å². The van der Waals surface area contributed by atoms with E-state index in [4.69, 9.17) is 0 Å². The van der Waals surface area contributed by atoms with Gasteiger partial charge in [0.25, 0.3) is 0 Å². The molecule has 5 heteroatoms. The number of carbonyl (C=O) groups is 2. The van der Waals surface area contributed by atoms with Crippen molar-refractivity contribution in [1.29, 1.82) is 0 Å². The van der Waals surface area contributed by atoms with Crippen molar-refractivity contribution in [2.75, 3.05) is 44.2 Å². The van der Waals surface area contributed by atoms with Gasteiger partial charge in [0, 0.05) is 45.0 Å². The first-order valence-corrected chi connectivity index (χ1v) is 8.42. The average molecular weight is 317 g/mol. The number of benzene rings is 1. The number of amides is 2. The smallest absolute Gasteiger partial charge is 0.232 e. The van der Waals surface area contributed by atoms with Crippen LogP contribution < -0.4 is 4.90 Å². The molecule has 1 aliphatic rings. The number of anilines is 1. The minimum Gasteiger partial charge on any atom is -0.368 e. The van der Waals surface area contributed by atoms with Crippen molar-refractivity contribution in [3.63, 3.8) is 0 Å². The predicted octanol–water partition coefficient (Wildman–Crippen LogP) is 1.90. The standard InChI is InChI=1S/C18H27N3O2/c1-4-19(5-2)17(22)14-18(23)21-11-9-20(10-12-21)16-8-6-7-15(3)13-16/h6-8,13H,4-5,9-12,14H2,1-3H3. The van der Waals surface area contributed by atoms with Crippen LogP contribution in [0, 0.1) is 6.92 Å². The van der Waals surface area contributed by atoms with E-state index in [0.29, 0.717) is 26.2 Å². The molecule has 1 aromatic carbocycles. The van der Waals surface area contributed by atoms with E-state index in [0.717, 1.165) is 13.1 Å². The Morgan fingerprint density at radius 2 is 1.74 bits per heavy atom. The van der Waals surface area contributed by atoms with Crippen LogP contribution in [0.15, 0.2) is 24.3 Å². The highest BCUT2D eigenvalue weighted by molar-refractivity contribution is 5.97. The minimum atomic E-state index is -0.0684. The van der Waals surface area contributed by atoms with Gasteiger partial charge in [-0.05, 0) is 38.5 Å². The Hall–Kier alpha value is -2.04. The fourth-order valence-corrected chi connectivity index (χ4v) is 2.97. The van der Waals surface area contributed by atoms with Gasteiger partial charge in [-0.1, -0.05) is 12.1 Å². The Morgan fingerprint density at radius 3 is 2.30 bits per heavy atom. The first-order chi connectivity index (χ1) is 11.0. The number of aryl methyl sites for hydroxylation is 1. The molecule has 1 aromatic rings. The van der Waals surface area contributed by atoms with Crippen molar-refractivity contribution in [3.8, 4) is 0 Å². The van der Waals surface area contributed by atoms with Crippen LogP contribution >= 0.6 is 0 Å². The summed E-state index contributed by atoms with van der Waals surface area (Å²) in [6.07, 6.45) is -0.00781. The molecule has 23 heavy (non-hydrogen) atoms. The molecular weight excluding hydrogens is 290 g/mol. The van der Waals surface area contributed by atoms with Gasteiger partial charge in [-0.25, -0.2) is 0 Å². The van der Waals surface area contributed by atoms with E-state index in [9.17, 15) is 9.59 Å². The first kappa shape index (κ1) is 17.3. The molecule has 5 nitrogen and oxygen atoms in total. The molecule has 0 N–H and O–H groups in total. The van der Waals surface area contributed by atoms with Crippen molar-refractivity contribution in [2.45, 2.75) is 27.2 Å². The largest absolute Gasteiger partial charge is 0.368 e. The third-order valence-corrected chi connectivity index (χ3v) is 4.42. The van der Waals surface area contributed by atoms with Gasteiger partial charge in [-0.15, -0.1) is 0 Å². The molecule has 0 aliphatic carbocycles. The summed E-state index contributed by atoms with van der Waals surface area (Å²) in [5.74, 6) is -0.119. The number of nitrogens with zero attached hydrogens (tertiary/aromatic N) is 3. The fraction of sp³-hybridized carbons (Fsp3) is 0.556. The monoisotopic (exact) mass is 317 g/mol. The molecule has 0 unspecified atom stereocenters. The van der Waals surface area contributed by atoms with E-state index in [-0.39, 0.29) is 18.2 Å². The summed E-state index contributed by atoms with van der Waals surface area (Å²) >= 11 is 0. The highest BCUT2D eigenvalue weighted by atomic mass is 16.2. The lowest BCUT2D eigenvalue weighted by atomic mass is 10.2. The van der Waals surface area contributed by atoms with E-state index in [1.807, 2.05) is 18.7 Å². The van der Waals surface area contributed by atoms with E-state index in [1.54, 1.807) is 4.90 Å². The highest BCUT2D eigenvalue weighted by Crippen LogP contribution is 2.18. The number of rotatable bonds is 5. The minimum absolute atomic E-state index is 0.00781. The van der Waals surface area contributed by atoms with E-state index < -0.39 is 0 Å². The highest BCUT2D eigenvalue weighted by Gasteiger charge is 2.24. The third kappa shape index (κ3) is 4.47. The molecule has 1 saturated heterocycles. The molecule has 0 atom stereocenters. The second kappa shape index (κ2) is 7.99. The Labute approximate surface area is 138 Å². The molecule has 0 radical (unpaired) electrons. The van der Waals surface area contributed by atoms with Crippen molar-refractivity contribution < 1.29 is 9.59 Å². The maximum absolute atomic E-state index is 12.3. The average Bonchev–Trinajstić information content (AvgIpc) is 2.56. The molecule has 2 amide bonds. The number of hydrogen-bond donors (Lipinski definition) is 0. The van der Waals surface area contributed by atoms with Gasteiger partial charge >= 0.3 is 0 Å². The Morgan fingerprint density at radius 1 is 1.09 bits per heavy atom. The van der Waals surface area contributed by atoms with Crippen LogP contribution in [0.2, 0.25) is 0 Å². The summed E-state index contributed by atoms with van der Waals surface area (Å²) in [7, 11) is 0. The maximum Gasteiger partial charge on any atom is 0.232 e. The zero-order chi connectivity index (χ0) is 16.8. The van der Waals surface area contributed by atoms with E-state index >= 15 is 0 Å².